The normalized spacial score (nSPS) is 20.2. The number of likely N-dealkylation sites (N-methyl/N-ethyl adjacent to an activating group) is 1. The van der Waals surface area contributed by atoms with Gasteiger partial charge in [0.25, 0.3) is 0 Å². The summed E-state index contributed by atoms with van der Waals surface area (Å²) >= 11 is 0. The van der Waals surface area contributed by atoms with E-state index in [0.717, 1.165) is 0 Å². The second-order valence-corrected chi connectivity index (χ2v) is 3.84. The number of nitrogens with two attached hydrogens (primary N) is 1. The Labute approximate surface area is 77.5 Å². The summed E-state index contributed by atoms with van der Waals surface area (Å²) in [6.45, 7) is 0.631. The molecule has 1 heterocycles. The van der Waals surface area contributed by atoms with E-state index in [-0.39, 0.29) is 25.5 Å². The first kappa shape index (κ1) is 10.4. The largest absolute Gasteiger partial charge is 0.335 e. The summed E-state index contributed by atoms with van der Waals surface area (Å²) in [6.07, 6.45) is 0. The molecule has 5 heteroatoms. The van der Waals surface area contributed by atoms with E-state index < -0.39 is 5.67 Å². The molecule has 1 aliphatic rings. The van der Waals surface area contributed by atoms with Crippen LogP contribution in [0.25, 0.3) is 0 Å². The van der Waals surface area contributed by atoms with Crippen molar-refractivity contribution < 1.29 is 9.18 Å². The highest BCUT2D eigenvalue weighted by molar-refractivity contribution is 5.79. The maximum atomic E-state index is 13.3. The minimum absolute atomic E-state index is 0.00125. The molecule has 0 radical (unpaired) electrons. The van der Waals surface area contributed by atoms with Crippen molar-refractivity contribution in [2.75, 3.05) is 40.3 Å². The smallest absolute Gasteiger partial charge is 0.236 e. The van der Waals surface area contributed by atoms with Crippen LogP contribution in [0, 0.1) is 0 Å². The van der Waals surface area contributed by atoms with E-state index in [2.05, 4.69) is 0 Å². The average molecular weight is 189 g/mol. The molecule has 1 saturated heterocycles. The number of halogens is 1. The van der Waals surface area contributed by atoms with Crippen molar-refractivity contribution in [3.63, 3.8) is 0 Å². The summed E-state index contributed by atoms with van der Waals surface area (Å²) in [5.41, 5.74) is 3.88. The van der Waals surface area contributed by atoms with E-state index in [0.29, 0.717) is 6.54 Å². The minimum atomic E-state index is -1.33. The fraction of sp³-hybridized carbons (Fsp3) is 0.875. The third kappa shape index (κ3) is 2.38. The van der Waals surface area contributed by atoms with Gasteiger partial charge in [0, 0.05) is 6.54 Å². The van der Waals surface area contributed by atoms with E-state index in [1.54, 1.807) is 4.90 Å². The topological polar surface area (TPSA) is 49.6 Å². The number of carbonyl (C=O) groups is 1. The number of amides is 1. The van der Waals surface area contributed by atoms with Gasteiger partial charge in [-0.25, -0.2) is 4.39 Å². The van der Waals surface area contributed by atoms with Gasteiger partial charge >= 0.3 is 0 Å². The SMILES string of the molecule is CN(C)CC(=O)N1CC(F)(CN)C1. The number of hydrogen-bond acceptors (Lipinski definition) is 3. The molecule has 0 atom stereocenters. The Morgan fingerprint density at radius 3 is 2.54 bits per heavy atom. The summed E-state index contributed by atoms with van der Waals surface area (Å²) in [7, 11) is 3.62. The maximum Gasteiger partial charge on any atom is 0.236 e. The molecule has 4 nitrogen and oxygen atoms in total. The molecule has 0 unspecified atom stereocenters. The van der Waals surface area contributed by atoms with Gasteiger partial charge in [0.2, 0.25) is 5.91 Å². The number of likely N-dealkylation sites (tertiary alicyclic amines) is 1. The summed E-state index contributed by atoms with van der Waals surface area (Å²) < 4.78 is 13.3. The summed E-state index contributed by atoms with van der Waals surface area (Å²) in [4.78, 5) is 14.6. The molecule has 13 heavy (non-hydrogen) atoms. The highest BCUT2D eigenvalue weighted by Gasteiger charge is 2.44. The molecule has 1 rings (SSSR count). The average Bonchev–Trinajstić information content (AvgIpc) is 1.97. The van der Waals surface area contributed by atoms with Crippen LogP contribution in [0.4, 0.5) is 4.39 Å². The molecule has 0 aromatic carbocycles. The minimum Gasteiger partial charge on any atom is -0.335 e. The standard InChI is InChI=1S/C8H16FN3O/c1-11(2)3-7(13)12-5-8(9,4-10)6-12/h3-6,10H2,1-2H3. The van der Waals surface area contributed by atoms with E-state index in [9.17, 15) is 9.18 Å². The lowest BCUT2D eigenvalue weighted by molar-refractivity contribution is -0.145. The molecule has 0 saturated carbocycles. The molecule has 0 aromatic heterocycles. The predicted octanol–water partition coefficient (Wildman–Crippen LogP) is -0.943. The van der Waals surface area contributed by atoms with Gasteiger partial charge in [-0.3, -0.25) is 4.79 Å². The fourth-order valence-electron chi connectivity index (χ4n) is 1.31. The van der Waals surface area contributed by atoms with Crippen LogP contribution in [0.2, 0.25) is 0 Å². The van der Waals surface area contributed by atoms with Gasteiger partial charge in [-0.05, 0) is 14.1 Å². The number of rotatable bonds is 3. The first-order valence-corrected chi connectivity index (χ1v) is 4.28. The third-order valence-electron chi connectivity index (χ3n) is 2.12. The van der Waals surface area contributed by atoms with Crippen LogP contribution >= 0.6 is 0 Å². The van der Waals surface area contributed by atoms with Crippen molar-refractivity contribution in [3.05, 3.63) is 0 Å². The molecule has 0 aromatic rings. The molecule has 1 fully saturated rings. The molecule has 1 aliphatic heterocycles. The van der Waals surface area contributed by atoms with E-state index in [4.69, 9.17) is 5.73 Å². The lowest BCUT2D eigenvalue weighted by Gasteiger charge is -2.44. The second kappa shape index (κ2) is 3.59. The Kier molecular flexibility index (Phi) is 2.87. The van der Waals surface area contributed by atoms with E-state index in [1.807, 2.05) is 14.1 Å². The summed E-state index contributed by atoms with van der Waals surface area (Å²) in [5, 5.41) is 0. The zero-order valence-corrected chi connectivity index (χ0v) is 8.09. The summed E-state index contributed by atoms with van der Waals surface area (Å²) in [6, 6.07) is 0. The first-order valence-electron chi connectivity index (χ1n) is 4.28. The Hall–Kier alpha value is -0.680. The molecule has 2 N–H and O–H groups in total. The van der Waals surface area contributed by atoms with Crippen molar-refractivity contribution >= 4 is 5.91 Å². The molecular formula is C8H16FN3O. The molecular weight excluding hydrogens is 173 g/mol. The van der Waals surface area contributed by atoms with Crippen LogP contribution in [-0.4, -0.2) is 61.7 Å². The quantitative estimate of drug-likeness (QED) is 0.623. The lowest BCUT2D eigenvalue weighted by atomic mass is 9.96. The van der Waals surface area contributed by atoms with Gasteiger partial charge in [-0.15, -0.1) is 0 Å². The number of carbonyl (C=O) groups excluding carboxylic acids is 1. The third-order valence-corrected chi connectivity index (χ3v) is 2.12. The molecule has 0 spiro atoms. The van der Waals surface area contributed by atoms with Crippen molar-refractivity contribution in [3.8, 4) is 0 Å². The van der Waals surface area contributed by atoms with Crippen LogP contribution in [0.5, 0.6) is 0 Å². The highest BCUT2D eigenvalue weighted by atomic mass is 19.1. The maximum absolute atomic E-state index is 13.3. The van der Waals surface area contributed by atoms with Crippen molar-refractivity contribution in [1.82, 2.24) is 9.80 Å². The number of alkyl halides is 1. The van der Waals surface area contributed by atoms with Crippen molar-refractivity contribution in [2.45, 2.75) is 5.67 Å². The van der Waals surface area contributed by atoms with Crippen LogP contribution in [-0.2, 0) is 4.79 Å². The van der Waals surface area contributed by atoms with Crippen LogP contribution in [0.15, 0.2) is 0 Å². The highest BCUT2D eigenvalue weighted by Crippen LogP contribution is 2.23. The second-order valence-electron chi connectivity index (χ2n) is 3.84. The molecule has 0 bridgehead atoms. The molecule has 1 amide bonds. The Morgan fingerprint density at radius 1 is 1.62 bits per heavy atom. The number of nitrogens with zero attached hydrogens (tertiary/aromatic N) is 2. The van der Waals surface area contributed by atoms with Gasteiger partial charge in [0.15, 0.2) is 5.67 Å². The Bertz CT molecular complexity index is 202. The zero-order valence-electron chi connectivity index (χ0n) is 8.09. The van der Waals surface area contributed by atoms with Gasteiger partial charge in [0.1, 0.15) is 0 Å². The van der Waals surface area contributed by atoms with Crippen LogP contribution in [0.3, 0.4) is 0 Å². The van der Waals surface area contributed by atoms with E-state index in [1.165, 1.54) is 4.90 Å². The van der Waals surface area contributed by atoms with E-state index >= 15 is 0 Å². The Balaban J connectivity index is 2.31. The monoisotopic (exact) mass is 189 g/mol. The molecule has 76 valence electrons. The Morgan fingerprint density at radius 2 is 2.15 bits per heavy atom. The fourth-order valence-corrected chi connectivity index (χ4v) is 1.31. The first-order chi connectivity index (χ1) is 5.97. The number of hydrogen-bond donors (Lipinski definition) is 1. The van der Waals surface area contributed by atoms with Crippen molar-refractivity contribution in [1.29, 1.82) is 0 Å². The van der Waals surface area contributed by atoms with Crippen LogP contribution in [0.1, 0.15) is 0 Å². The van der Waals surface area contributed by atoms with Gasteiger partial charge in [-0.2, -0.15) is 0 Å². The predicted molar refractivity (Wildman–Crippen MR) is 48.0 cm³/mol. The summed E-state index contributed by atoms with van der Waals surface area (Å²) in [5.74, 6) is -0.0354. The lowest BCUT2D eigenvalue weighted by Crippen LogP contribution is -2.65. The van der Waals surface area contributed by atoms with Gasteiger partial charge in [-0.1, -0.05) is 0 Å². The van der Waals surface area contributed by atoms with Crippen molar-refractivity contribution in [2.24, 2.45) is 5.73 Å². The van der Waals surface area contributed by atoms with Gasteiger partial charge < -0.3 is 15.5 Å². The van der Waals surface area contributed by atoms with Crippen LogP contribution < -0.4 is 5.73 Å². The molecule has 0 aliphatic carbocycles. The van der Waals surface area contributed by atoms with Gasteiger partial charge in [0.05, 0.1) is 19.6 Å². The zero-order chi connectivity index (χ0) is 10.1.